The molecule has 0 unspecified atom stereocenters. The Morgan fingerprint density at radius 1 is 1.35 bits per heavy atom. The van der Waals surface area contributed by atoms with Crippen molar-refractivity contribution < 1.29 is 14.7 Å². The number of aryl methyl sites for hydroxylation is 1. The number of carboxylic acid groups (broad SMARTS) is 1. The number of aliphatic carboxylic acids is 1. The number of rotatable bonds is 7. The van der Waals surface area contributed by atoms with Gasteiger partial charge in [0.2, 0.25) is 5.91 Å². The number of nitrogens with one attached hydrogen (secondary N) is 1. The van der Waals surface area contributed by atoms with Crippen LogP contribution in [0, 0.1) is 6.92 Å². The zero-order chi connectivity index (χ0) is 12.7. The topological polar surface area (TPSA) is 79.3 Å². The van der Waals surface area contributed by atoms with E-state index in [2.05, 4.69) is 10.3 Å². The first-order chi connectivity index (χ1) is 8.08. The highest BCUT2D eigenvalue weighted by molar-refractivity contribution is 7.13. The first-order valence-electron chi connectivity index (χ1n) is 5.51. The fraction of sp³-hybridized carbons (Fsp3) is 0.545. The summed E-state index contributed by atoms with van der Waals surface area (Å²) >= 11 is 1.40. The van der Waals surface area contributed by atoms with Crippen molar-refractivity contribution in [3.05, 3.63) is 11.1 Å². The smallest absolute Gasteiger partial charge is 0.303 e. The molecular weight excluding hydrogens is 240 g/mol. The fourth-order valence-electron chi connectivity index (χ4n) is 1.33. The van der Waals surface area contributed by atoms with E-state index in [1.807, 2.05) is 12.3 Å². The molecule has 0 saturated carbocycles. The molecule has 0 aliphatic rings. The van der Waals surface area contributed by atoms with Gasteiger partial charge in [-0.3, -0.25) is 9.59 Å². The second-order valence-corrected chi connectivity index (χ2v) is 4.65. The summed E-state index contributed by atoms with van der Waals surface area (Å²) in [7, 11) is 0. The minimum absolute atomic E-state index is 0.0605. The molecule has 0 atom stereocenters. The van der Waals surface area contributed by atoms with E-state index in [9.17, 15) is 9.59 Å². The van der Waals surface area contributed by atoms with Crippen molar-refractivity contribution in [2.75, 3.05) is 5.32 Å². The maximum absolute atomic E-state index is 11.5. The quantitative estimate of drug-likeness (QED) is 0.734. The zero-order valence-corrected chi connectivity index (χ0v) is 10.5. The van der Waals surface area contributed by atoms with Gasteiger partial charge in [0.05, 0.1) is 5.69 Å². The van der Waals surface area contributed by atoms with Crippen LogP contribution in [0.3, 0.4) is 0 Å². The summed E-state index contributed by atoms with van der Waals surface area (Å²) in [6.45, 7) is 1.87. The maximum atomic E-state index is 11.5. The number of amides is 1. The maximum Gasteiger partial charge on any atom is 0.303 e. The van der Waals surface area contributed by atoms with E-state index < -0.39 is 5.97 Å². The van der Waals surface area contributed by atoms with Gasteiger partial charge in [-0.1, -0.05) is 6.42 Å². The summed E-state index contributed by atoms with van der Waals surface area (Å²) in [5.41, 5.74) is 0.895. The monoisotopic (exact) mass is 256 g/mol. The van der Waals surface area contributed by atoms with Gasteiger partial charge in [-0.05, 0) is 19.8 Å². The van der Waals surface area contributed by atoms with Crippen LogP contribution in [-0.4, -0.2) is 22.0 Å². The Morgan fingerprint density at radius 2 is 2.06 bits per heavy atom. The molecule has 1 amide bonds. The third kappa shape index (κ3) is 6.01. The van der Waals surface area contributed by atoms with Gasteiger partial charge in [0.15, 0.2) is 5.13 Å². The van der Waals surface area contributed by atoms with E-state index in [0.717, 1.165) is 12.1 Å². The molecule has 0 bridgehead atoms. The van der Waals surface area contributed by atoms with Crippen molar-refractivity contribution in [3.63, 3.8) is 0 Å². The number of aromatic nitrogens is 1. The van der Waals surface area contributed by atoms with Crippen molar-refractivity contribution in [3.8, 4) is 0 Å². The molecule has 0 fully saturated rings. The molecule has 0 saturated heterocycles. The first-order valence-corrected chi connectivity index (χ1v) is 6.39. The highest BCUT2D eigenvalue weighted by Crippen LogP contribution is 2.15. The summed E-state index contributed by atoms with van der Waals surface area (Å²) < 4.78 is 0. The largest absolute Gasteiger partial charge is 0.481 e. The molecule has 0 radical (unpaired) electrons. The van der Waals surface area contributed by atoms with Crippen LogP contribution >= 0.6 is 11.3 Å². The van der Waals surface area contributed by atoms with E-state index in [1.54, 1.807) is 0 Å². The molecule has 1 heterocycles. The number of carboxylic acids is 1. The van der Waals surface area contributed by atoms with Crippen LogP contribution in [-0.2, 0) is 9.59 Å². The van der Waals surface area contributed by atoms with E-state index in [-0.39, 0.29) is 12.3 Å². The van der Waals surface area contributed by atoms with E-state index in [1.165, 1.54) is 11.3 Å². The molecule has 0 aromatic carbocycles. The number of carbonyl (C=O) groups is 2. The third-order valence-corrected chi connectivity index (χ3v) is 3.04. The van der Waals surface area contributed by atoms with E-state index >= 15 is 0 Å². The minimum Gasteiger partial charge on any atom is -0.481 e. The predicted molar refractivity (Wildman–Crippen MR) is 66.2 cm³/mol. The van der Waals surface area contributed by atoms with Crippen LogP contribution in [0.4, 0.5) is 5.13 Å². The van der Waals surface area contributed by atoms with Crippen LogP contribution in [0.5, 0.6) is 0 Å². The van der Waals surface area contributed by atoms with Gasteiger partial charge in [0.1, 0.15) is 0 Å². The van der Waals surface area contributed by atoms with Gasteiger partial charge < -0.3 is 10.4 Å². The molecular formula is C11H16N2O3S. The molecule has 1 aromatic rings. The molecule has 2 N–H and O–H groups in total. The van der Waals surface area contributed by atoms with Crippen molar-refractivity contribution in [2.24, 2.45) is 0 Å². The Morgan fingerprint density at radius 3 is 2.65 bits per heavy atom. The predicted octanol–water partition coefficient (Wildman–Crippen LogP) is 2.43. The Kier molecular flexibility index (Phi) is 5.62. The SMILES string of the molecule is Cc1csc(NC(=O)CCCCCC(=O)O)n1. The summed E-state index contributed by atoms with van der Waals surface area (Å²) in [6, 6.07) is 0. The van der Waals surface area contributed by atoms with Crippen molar-refractivity contribution in [2.45, 2.75) is 39.0 Å². The van der Waals surface area contributed by atoms with Crippen LogP contribution in [0.1, 0.15) is 37.8 Å². The molecule has 94 valence electrons. The van der Waals surface area contributed by atoms with Crippen molar-refractivity contribution >= 4 is 28.3 Å². The molecule has 1 rings (SSSR count). The Balaban J connectivity index is 2.11. The number of hydrogen-bond donors (Lipinski definition) is 2. The summed E-state index contributed by atoms with van der Waals surface area (Å²) in [4.78, 5) is 25.8. The molecule has 6 heteroatoms. The molecule has 1 aromatic heterocycles. The second kappa shape index (κ2) is 7.01. The molecule has 0 spiro atoms. The van der Waals surface area contributed by atoms with E-state index in [4.69, 9.17) is 5.11 Å². The van der Waals surface area contributed by atoms with Gasteiger partial charge in [-0.2, -0.15) is 0 Å². The van der Waals surface area contributed by atoms with Crippen LogP contribution < -0.4 is 5.32 Å². The number of unbranched alkanes of at least 4 members (excludes halogenated alkanes) is 2. The van der Waals surface area contributed by atoms with Crippen LogP contribution in [0.25, 0.3) is 0 Å². The Hall–Kier alpha value is -1.43. The van der Waals surface area contributed by atoms with Gasteiger partial charge in [0.25, 0.3) is 0 Å². The zero-order valence-electron chi connectivity index (χ0n) is 9.73. The first kappa shape index (κ1) is 13.6. The third-order valence-electron chi connectivity index (χ3n) is 2.16. The summed E-state index contributed by atoms with van der Waals surface area (Å²) in [6.07, 6.45) is 2.69. The van der Waals surface area contributed by atoms with Gasteiger partial charge in [-0.25, -0.2) is 4.98 Å². The van der Waals surface area contributed by atoms with Crippen LogP contribution in [0.15, 0.2) is 5.38 Å². The average molecular weight is 256 g/mol. The van der Waals surface area contributed by atoms with Crippen molar-refractivity contribution in [1.29, 1.82) is 0 Å². The molecule has 5 nitrogen and oxygen atoms in total. The highest BCUT2D eigenvalue weighted by atomic mass is 32.1. The van der Waals surface area contributed by atoms with Gasteiger partial charge in [0, 0.05) is 18.2 Å². The lowest BCUT2D eigenvalue weighted by atomic mass is 10.1. The van der Waals surface area contributed by atoms with Crippen LogP contribution in [0.2, 0.25) is 0 Å². The molecule has 0 aliphatic carbocycles. The highest BCUT2D eigenvalue weighted by Gasteiger charge is 2.05. The minimum atomic E-state index is -0.785. The summed E-state index contributed by atoms with van der Waals surface area (Å²) in [5, 5.41) is 13.6. The Bertz CT molecular complexity index is 390. The Labute approximate surface area is 104 Å². The fourth-order valence-corrected chi connectivity index (χ4v) is 2.04. The number of hydrogen-bond acceptors (Lipinski definition) is 4. The number of nitrogens with zero attached hydrogens (tertiary/aromatic N) is 1. The summed E-state index contributed by atoms with van der Waals surface area (Å²) in [5.74, 6) is -0.845. The van der Waals surface area contributed by atoms with Gasteiger partial charge in [-0.15, -0.1) is 11.3 Å². The number of anilines is 1. The lowest BCUT2D eigenvalue weighted by molar-refractivity contribution is -0.137. The standard InChI is InChI=1S/C11H16N2O3S/c1-8-7-17-11(12-8)13-9(14)5-3-2-4-6-10(15)16/h7H,2-6H2,1H3,(H,15,16)(H,12,13,14). The molecule has 17 heavy (non-hydrogen) atoms. The van der Waals surface area contributed by atoms with Gasteiger partial charge >= 0.3 is 5.97 Å². The second-order valence-electron chi connectivity index (χ2n) is 3.80. The lowest BCUT2D eigenvalue weighted by Gasteiger charge is -2.01. The number of thiazole rings is 1. The lowest BCUT2D eigenvalue weighted by Crippen LogP contribution is -2.10. The average Bonchev–Trinajstić information content (AvgIpc) is 2.63. The van der Waals surface area contributed by atoms with Crippen molar-refractivity contribution in [1.82, 2.24) is 4.98 Å². The number of carbonyl (C=O) groups excluding carboxylic acids is 1. The normalized spacial score (nSPS) is 10.2. The van der Waals surface area contributed by atoms with E-state index in [0.29, 0.717) is 24.4 Å². The molecule has 0 aliphatic heterocycles.